The van der Waals surface area contributed by atoms with Crippen molar-refractivity contribution in [3.63, 3.8) is 0 Å². The Morgan fingerprint density at radius 2 is 1.97 bits per heavy atom. The number of amides is 1. The van der Waals surface area contributed by atoms with Gasteiger partial charge in [0.2, 0.25) is 5.95 Å². The number of anilines is 1. The largest absolute Gasteiger partial charge is 0.321 e. The smallest absolute Gasteiger partial charge is 0.274 e. The molecule has 8 heteroatoms. The first kappa shape index (κ1) is 19.4. The van der Waals surface area contributed by atoms with Gasteiger partial charge in [0.1, 0.15) is 11.5 Å². The number of carbonyl (C=O) groups is 1. The predicted molar refractivity (Wildman–Crippen MR) is 112 cm³/mol. The molecule has 0 bridgehead atoms. The van der Waals surface area contributed by atoms with Crippen molar-refractivity contribution in [1.29, 1.82) is 10.8 Å². The highest BCUT2D eigenvalue weighted by Crippen LogP contribution is 2.27. The summed E-state index contributed by atoms with van der Waals surface area (Å²) in [6, 6.07) is 13.3. The van der Waals surface area contributed by atoms with Gasteiger partial charge in [-0.05, 0) is 54.8 Å². The van der Waals surface area contributed by atoms with E-state index in [1.165, 1.54) is 24.8 Å². The number of hydrogen-bond acceptors (Lipinski definition) is 5. The molecular formula is C22H19FN6O. The first-order chi connectivity index (χ1) is 14.5. The highest BCUT2D eigenvalue weighted by Gasteiger charge is 2.30. The van der Waals surface area contributed by atoms with Crippen LogP contribution in [0.4, 0.5) is 10.1 Å². The maximum atomic E-state index is 13.0. The fourth-order valence-corrected chi connectivity index (χ4v) is 3.07. The molecule has 4 rings (SSSR count). The number of carbonyl (C=O) groups excluding carboxylic acids is 1. The minimum Gasteiger partial charge on any atom is -0.321 e. The number of rotatable bonds is 6. The van der Waals surface area contributed by atoms with E-state index in [1.54, 1.807) is 47.4 Å². The molecule has 0 atom stereocenters. The number of halogens is 1. The van der Waals surface area contributed by atoms with Crippen molar-refractivity contribution in [2.45, 2.75) is 18.9 Å². The molecule has 2 heterocycles. The molecule has 1 amide bonds. The van der Waals surface area contributed by atoms with Crippen LogP contribution >= 0.6 is 0 Å². The van der Waals surface area contributed by atoms with Crippen LogP contribution < -0.4 is 5.32 Å². The molecule has 1 fully saturated rings. The van der Waals surface area contributed by atoms with Crippen molar-refractivity contribution < 1.29 is 9.18 Å². The van der Waals surface area contributed by atoms with E-state index >= 15 is 0 Å². The monoisotopic (exact) mass is 402 g/mol. The number of nitrogens with one attached hydrogen (secondary N) is 3. The Hall–Kier alpha value is -3.94. The molecule has 1 aliphatic rings. The highest BCUT2D eigenvalue weighted by atomic mass is 19.1. The molecule has 0 spiro atoms. The molecule has 0 saturated heterocycles. The number of hydrogen-bond donors (Lipinski definition) is 3. The van der Waals surface area contributed by atoms with E-state index in [0.29, 0.717) is 22.4 Å². The van der Waals surface area contributed by atoms with Gasteiger partial charge in [-0.15, -0.1) is 0 Å². The molecule has 3 aromatic rings. The number of nitrogens with zero attached hydrogens (tertiary/aromatic N) is 3. The summed E-state index contributed by atoms with van der Waals surface area (Å²) in [6.07, 6.45) is 6.03. The summed E-state index contributed by atoms with van der Waals surface area (Å²) in [5, 5.41) is 18.7. The lowest BCUT2D eigenvalue weighted by atomic mass is 10.1. The SMILES string of the molecule is N=CN(C(=N)c1cccc(NC(=O)c2cc(-c3ccc(F)nc3)ccn2)c1)C1CC1. The lowest BCUT2D eigenvalue weighted by Crippen LogP contribution is -2.31. The van der Waals surface area contributed by atoms with E-state index in [-0.39, 0.29) is 17.6 Å². The Labute approximate surface area is 172 Å². The zero-order valence-electron chi connectivity index (χ0n) is 16.0. The summed E-state index contributed by atoms with van der Waals surface area (Å²) in [6.45, 7) is 0. The molecule has 150 valence electrons. The van der Waals surface area contributed by atoms with Gasteiger partial charge in [0.25, 0.3) is 5.91 Å². The van der Waals surface area contributed by atoms with Crippen LogP contribution in [0, 0.1) is 16.8 Å². The maximum absolute atomic E-state index is 13.0. The van der Waals surface area contributed by atoms with Gasteiger partial charge in [-0.25, -0.2) is 4.98 Å². The Morgan fingerprint density at radius 3 is 2.67 bits per heavy atom. The van der Waals surface area contributed by atoms with Gasteiger partial charge in [-0.2, -0.15) is 4.39 Å². The van der Waals surface area contributed by atoms with Crippen LogP contribution in [0.3, 0.4) is 0 Å². The molecular weight excluding hydrogens is 383 g/mol. The first-order valence-electron chi connectivity index (χ1n) is 9.42. The lowest BCUT2D eigenvalue weighted by molar-refractivity contribution is 0.102. The molecule has 1 aliphatic carbocycles. The van der Waals surface area contributed by atoms with Crippen molar-refractivity contribution in [1.82, 2.24) is 14.9 Å². The minimum absolute atomic E-state index is 0.205. The molecule has 0 aliphatic heterocycles. The van der Waals surface area contributed by atoms with E-state index in [2.05, 4.69) is 15.3 Å². The van der Waals surface area contributed by atoms with Crippen LogP contribution in [0.15, 0.2) is 60.9 Å². The summed E-state index contributed by atoms with van der Waals surface area (Å²) in [4.78, 5) is 22.1. The number of amidine groups is 1. The van der Waals surface area contributed by atoms with Gasteiger partial charge in [0.15, 0.2) is 0 Å². The van der Waals surface area contributed by atoms with E-state index in [0.717, 1.165) is 12.8 Å². The van der Waals surface area contributed by atoms with Crippen LogP contribution in [0.2, 0.25) is 0 Å². The Kier molecular flexibility index (Phi) is 5.30. The van der Waals surface area contributed by atoms with Gasteiger partial charge in [-0.1, -0.05) is 12.1 Å². The topological polar surface area (TPSA) is 106 Å². The standard InChI is InChI=1S/C22H19FN6O/c23-20-7-4-16(12-27-20)14-8-9-26-19(11-14)22(30)28-17-3-1-2-15(10-17)21(25)29(13-24)18-5-6-18/h1-4,7-13,18,24-25H,5-6H2,(H,28,30). The molecule has 0 unspecified atom stereocenters. The zero-order chi connectivity index (χ0) is 21.1. The first-order valence-corrected chi connectivity index (χ1v) is 9.42. The average molecular weight is 402 g/mol. The zero-order valence-corrected chi connectivity index (χ0v) is 16.0. The van der Waals surface area contributed by atoms with E-state index in [4.69, 9.17) is 10.8 Å². The van der Waals surface area contributed by atoms with E-state index in [9.17, 15) is 9.18 Å². The van der Waals surface area contributed by atoms with E-state index < -0.39 is 11.9 Å². The average Bonchev–Trinajstić information content (AvgIpc) is 3.60. The predicted octanol–water partition coefficient (Wildman–Crippen LogP) is 3.93. The third kappa shape index (κ3) is 4.22. The maximum Gasteiger partial charge on any atom is 0.274 e. The normalized spacial score (nSPS) is 12.8. The third-order valence-electron chi connectivity index (χ3n) is 4.78. The van der Waals surface area contributed by atoms with Crippen molar-refractivity contribution >= 4 is 23.8 Å². The number of pyridine rings is 2. The van der Waals surface area contributed by atoms with Gasteiger partial charge in [-0.3, -0.25) is 20.6 Å². The Balaban J connectivity index is 1.51. The molecule has 7 nitrogen and oxygen atoms in total. The summed E-state index contributed by atoms with van der Waals surface area (Å²) in [7, 11) is 0. The second-order valence-electron chi connectivity index (χ2n) is 6.95. The molecule has 2 aromatic heterocycles. The summed E-state index contributed by atoms with van der Waals surface area (Å²) >= 11 is 0. The fraction of sp³-hybridized carbons (Fsp3) is 0.136. The summed E-state index contributed by atoms with van der Waals surface area (Å²) in [5.41, 5.74) is 2.72. The second kappa shape index (κ2) is 8.20. The molecule has 30 heavy (non-hydrogen) atoms. The van der Waals surface area contributed by atoms with Crippen LogP contribution in [-0.4, -0.2) is 39.0 Å². The van der Waals surface area contributed by atoms with Crippen molar-refractivity contribution in [3.05, 3.63) is 78.1 Å². The van der Waals surface area contributed by atoms with Gasteiger partial charge >= 0.3 is 0 Å². The van der Waals surface area contributed by atoms with Gasteiger partial charge in [0.05, 0.1) is 6.34 Å². The van der Waals surface area contributed by atoms with Crippen molar-refractivity contribution in [2.24, 2.45) is 0 Å². The van der Waals surface area contributed by atoms with Gasteiger partial charge in [0, 0.05) is 35.2 Å². The Bertz CT molecular complexity index is 1110. The van der Waals surface area contributed by atoms with Crippen LogP contribution in [-0.2, 0) is 0 Å². The van der Waals surface area contributed by atoms with Crippen molar-refractivity contribution in [3.8, 4) is 11.1 Å². The number of benzene rings is 1. The van der Waals surface area contributed by atoms with Crippen molar-refractivity contribution in [2.75, 3.05) is 5.32 Å². The van der Waals surface area contributed by atoms with E-state index in [1.807, 2.05) is 0 Å². The highest BCUT2D eigenvalue weighted by molar-refractivity contribution is 6.06. The van der Waals surface area contributed by atoms with Crippen LogP contribution in [0.1, 0.15) is 28.9 Å². The molecule has 3 N–H and O–H groups in total. The molecule has 0 radical (unpaired) electrons. The lowest BCUT2D eigenvalue weighted by Gasteiger charge is -2.19. The summed E-state index contributed by atoms with van der Waals surface area (Å²) in [5.74, 6) is -0.742. The quantitative estimate of drug-likeness (QED) is 0.330. The Morgan fingerprint density at radius 1 is 1.13 bits per heavy atom. The van der Waals surface area contributed by atoms with Gasteiger partial charge < -0.3 is 10.2 Å². The second-order valence-corrected chi connectivity index (χ2v) is 6.95. The summed E-state index contributed by atoms with van der Waals surface area (Å²) < 4.78 is 13.0. The molecule has 1 saturated carbocycles. The minimum atomic E-state index is -0.570. The number of aromatic nitrogens is 2. The fourth-order valence-electron chi connectivity index (χ4n) is 3.07. The third-order valence-corrected chi connectivity index (χ3v) is 4.78. The molecule has 1 aromatic carbocycles. The van der Waals surface area contributed by atoms with Crippen LogP contribution in [0.25, 0.3) is 11.1 Å². The van der Waals surface area contributed by atoms with Crippen LogP contribution in [0.5, 0.6) is 0 Å².